The summed E-state index contributed by atoms with van der Waals surface area (Å²) in [4.78, 5) is 71.8. The molecule has 6 aromatic rings. The molecule has 0 aliphatic carbocycles. The molecule has 10 N–H and O–H groups in total. The molecule has 5 amide bonds. The molecule has 0 radical (unpaired) electrons. The normalized spacial score (nSPS) is 15.0. The fourth-order valence-corrected chi connectivity index (χ4v) is 8.34. The van der Waals surface area contributed by atoms with Crippen LogP contribution in [0.2, 0.25) is 0 Å². The van der Waals surface area contributed by atoms with Crippen LogP contribution in [-0.4, -0.2) is 65.8 Å². The van der Waals surface area contributed by atoms with Crippen LogP contribution >= 0.6 is 22.7 Å². The largest absolute Gasteiger partial charge is 0.478 e. The topological polar surface area (TPSA) is 233 Å². The van der Waals surface area contributed by atoms with Gasteiger partial charge in [0.05, 0.1) is 16.9 Å². The maximum Gasteiger partial charge on any atom is 0.335 e. The summed E-state index contributed by atoms with van der Waals surface area (Å²) in [6, 6.07) is 24.2. The molecule has 2 aliphatic rings. The van der Waals surface area contributed by atoms with Crippen molar-refractivity contribution in [1.82, 2.24) is 10.6 Å². The van der Waals surface area contributed by atoms with Crippen molar-refractivity contribution in [3.8, 4) is 0 Å². The molecule has 0 unspecified atom stereocenters. The standard InChI is InChI=1S/C22H20N4O3S.C13H12N2O3S.C9H10N2O/c1-3-18(27)25-14-5-4-6-15(10-14)26-21(28)13-7-8-17-16(9-13)19-20(30-17)22(29)24-12(2)11-23-19;1-6-5-14-10-8-4-7(13(17)18)2-3-9(8)19-11(10)12(16)15-6;1-2-9(12)11-8-5-3-4-7(10)6-8/h3-10,12,23H,1,11H2,2H3,(H,24,29)(H,25,27)(H,26,28);2-4,6,14H,5H2,1H3,(H,15,16)(H,17,18);2-6H,1,10H2,(H,11,12)/t12-;6-;/m11./s1. The van der Waals surface area contributed by atoms with Crippen LogP contribution in [0.3, 0.4) is 0 Å². The molecule has 0 bridgehead atoms. The zero-order valence-corrected chi connectivity index (χ0v) is 34.6. The molecule has 2 aliphatic heterocycles. The second-order valence-electron chi connectivity index (χ2n) is 13.9. The average molecular weight is 859 g/mol. The molecule has 312 valence electrons. The third-order valence-electron chi connectivity index (χ3n) is 9.14. The summed E-state index contributed by atoms with van der Waals surface area (Å²) in [5.74, 6) is -2.02. The van der Waals surface area contributed by atoms with Crippen LogP contribution in [0.15, 0.2) is 110 Å². The van der Waals surface area contributed by atoms with Crippen molar-refractivity contribution in [3.63, 3.8) is 0 Å². The molecule has 0 saturated carbocycles. The summed E-state index contributed by atoms with van der Waals surface area (Å²) in [7, 11) is 0. The highest BCUT2D eigenvalue weighted by Gasteiger charge is 2.25. The molecule has 61 heavy (non-hydrogen) atoms. The number of carbonyl (C=O) groups excluding carboxylic acids is 5. The Kier molecular flexibility index (Phi) is 13.5. The van der Waals surface area contributed by atoms with Gasteiger partial charge in [-0.15, -0.1) is 22.7 Å². The first-order valence-electron chi connectivity index (χ1n) is 18.8. The minimum absolute atomic E-state index is 0.0208. The van der Waals surface area contributed by atoms with Gasteiger partial charge in [0.15, 0.2) is 0 Å². The van der Waals surface area contributed by atoms with Crippen LogP contribution < -0.4 is 43.0 Å². The summed E-state index contributed by atoms with van der Waals surface area (Å²) in [6.45, 7) is 11.9. The number of thiophene rings is 2. The Balaban J connectivity index is 0.000000171. The highest BCUT2D eigenvalue weighted by molar-refractivity contribution is 7.22. The van der Waals surface area contributed by atoms with Gasteiger partial charge in [0.25, 0.3) is 17.7 Å². The van der Waals surface area contributed by atoms with Crippen LogP contribution in [0.4, 0.5) is 34.1 Å². The number of benzene rings is 4. The van der Waals surface area contributed by atoms with E-state index in [1.807, 2.05) is 19.9 Å². The van der Waals surface area contributed by atoms with Crippen molar-refractivity contribution in [2.75, 3.05) is 45.4 Å². The molecule has 17 heteroatoms. The number of amides is 5. The lowest BCUT2D eigenvalue weighted by Crippen LogP contribution is -2.34. The van der Waals surface area contributed by atoms with Crippen LogP contribution in [0.25, 0.3) is 20.2 Å². The summed E-state index contributed by atoms with van der Waals surface area (Å²) in [6.07, 6.45) is 2.39. The molecular formula is C44H42N8O7S2. The summed E-state index contributed by atoms with van der Waals surface area (Å²) in [5.41, 5.74) is 10.1. The SMILES string of the molecule is C=CC(=O)Nc1cccc(N)c1.C=CC(=O)Nc1cccc(NC(=O)c2ccc3sc4c(c3c2)NC[C@@H](C)NC4=O)c1.C[C@@H]1CNc2c(sc3ccc(C(=O)O)cc23)C(=O)N1. The number of fused-ring (bicyclic) bond motifs is 6. The van der Waals surface area contributed by atoms with E-state index in [-0.39, 0.29) is 47.2 Å². The quantitative estimate of drug-likeness (QED) is 0.0572. The van der Waals surface area contributed by atoms with Crippen molar-refractivity contribution < 1.29 is 33.9 Å². The lowest BCUT2D eigenvalue weighted by atomic mass is 10.1. The van der Waals surface area contributed by atoms with Crippen molar-refractivity contribution in [1.29, 1.82) is 0 Å². The van der Waals surface area contributed by atoms with Gasteiger partial charge in [-0.1, -0.05) is 25.3 Å². The van der Waals surface area contributed by atoms with E-state index in [1.54, 1.807) is 78.9 Å². The highest BCUT2D eigenvalue weighted by Crippen LogP contribution is 2.39. The third-order valence-corrected chi connectivity index (χ3v) is 11.5. The van der Waals surface area contributed by atoms with E-state index in [9.17, 15) is 28.8 Å². The van der Waals surface area contributed by atoms with Crippen LogP contribution in [0, 0.1) is 0 Å². The fourth-order valence-electron chi connectivity index (χ4n) is 6.21. The van der Waals surface area contributed by atoms with E-state index in [0.29, 0.717) is 51.2 Å². The number of nitrogens with one attached hydrogen (secondary N) is 7. The Hall–Kier alpha value is -7.50. The number of hydrogen-bond donors (Lipinski definition) is 9. The van der Waals surface area contributed by atoms with Gasteiger partial charge in [0.1, 0.15) is 9.75 Å². The Morgan fingerprint density at radius 2 is 1.13 bits per heavy atom. The average Bonchev–Trinajstić information content (AvgIpc) is 3.71. The predicted octanol–water partition coefficient (Wildman–Crippen LogP) is 7.36. The van der Waals surface area contributed by atoms with Gasteiger partial charge in [0, 0.05) is 73.7 Å². The predicted molar refractivity (Wildman–Crippen MR) is 244 cm³/mol. The Labute approximate surface area is 358 Å². The van der Waals surface area contributed by atoms with E-state index < -0.39 is 5.97 Å². The zero-order valence-electron chi connectivity index (χ0n) is 33.0. The minimum atomic E-state index is -0.965. The first-order valence-corrected chi connectivity index (χ1v) is 20.5. The highest BCUT2D eigenvalue weighted by atomic mass is 32.1. The smallest absolute Gasteiger partial charge is 0.335 e. The van der Waals surface area contributed by atoms with Crippen molar-refractivity contribution in [2.45, 2.75) is 25.9 Å². The molecule has 2 aromatic heterocycles. The molecule has 4 heterocycles. The summed E-state index contributed by atoms with van der Waals surface area (Å²) >= 11 is 2.78. The number of carboxylic acids is 1. The van der Waals surface area contributed by atoms with E-state index in [2.05, 4.69) is 50.4 Å². The Bertz CT molecular complexity index is 2720. The van der Waals surface area contributed by atoms with Crippen LogP contribution in [0.5, 0.6) is 0 Å². The third kappa shape index (κ3) is 10.6. The van der Waals surface area contributed by atoms with Crippen molar-refractivity contribution >= 4 is 112 Å². The van der Waals surface area contributed by atoms with E-state index in [1.165, 1.54) is 34.8 Å². The van der Waals surface area contributed by atoms with Gasteiger partial charge in [-0.05, 0) is 98.8 Å². The lowest BCUT2D eigenvalue weighted by molar-refractivity contribution is -0.112. The minimum Gasteiger partial charge on any atom is -0.478 e. The van der Waals surface area contributed by atoms with Crippen molar-refractivity contribution in [3.05, 3.63) is 131 Å². The number of aromatic carboxylic acids is 1. The second kappa shape index (κ2) is 19.0. The molecule has 15 nitrogen and oxygen atoms in total. The number of rotatable bonds is 7. The Morgan fingerprint density at radius 3 is 1.62 bits per heavy atom. The first-order chi connectivity index (χ1) is 29.2. The van der Waals surface area contributed by atoms with Crippen LogP contribution in [-0.2, 0) is 9.59 Å². The molecule has 0 fully saturated rings. The van der Waals surface area contributed by atoms with E-state index in [4.69, 9.17) is 10.8 Å². The second-order valence-corrected chi connectivity index (χ2v) is 16.0. The van der Waals surface area contributed by atoms with E-state index in [0.717, 1.165) is 31.5 Å². The monoisotopic (exact) mass is 858 g/mol. The molecule has 8 rings (SSSR count). The fraction of sp³-hybridized carbons (Fsp3) is 0.136. The van der Waals surface area contributed by atoms with Gasteiger partial charge in [-0.3, -0.25) is 24.0 Å². The number of carbonyl (C=O) groups is 6. The molecule has 4 aromatic carbocycles. The number of anilines is 6. The lowest BCUT2D eigenvalue weighted by Gasteiger charge is -2.10. The van der Waals surface area contributed by atoms with E-state index >= 15 is 0 Å². The number of nitrogen functional groups attached to an aromatic ring is 1. The maximum absolute atomic E-state index is 12.8. The van der Waals surface area contributed by atoms with Gasteiger partial charge < -0.3 is 48.1 Å². The molecular weight excluding hydrogens is 817 g/mol. The maximum atomic E-state index is 12.8. The zero-order chi connectivity index (χ0) is 43.8. The van der Waals surface area contributed by atoms with Crippen molar-refractivity contribution in [2.24, 2.45) is 0 Å². The van der Waals surface area contributed by atoms with Gasteiger partial charge in [-0.2, -0.15) is 0 Å². The van der Waals surface area contributed by atoms with Gasteiger partial charge in [0.2, 0.25) is 11.8 Å². The van der Waals surface area contributed by atoms with Gasteiger partial charge >= 0.3 is 5.97 Å². The summed E-state index contributed by atoms with van der Waals surface area (Å²) < 4.78 is 1.84. The molecule has 0 saturated heterocycles. The molecule has 0 spiro atoms. The molecule has 2 atom stereocenters. The first kappa shape index (κ1) is 43.1. The Morgan fingerprint density at radius 1 is 0.672 bits per heavy atom. The number of nitrogens with two attached hydrogens (primary N) is 1. The summed E-state index contributed by atoms with van der Waals surface area (Å²) in [5, 5.41) is 31.2. The van der Waals surface area contributed by atoms with Crippen LogP contribution in [0.1, 0.15) is 53.9 Å². The number of carboxylic acid groups (broad SMARTS) is 1. The van der Waals surface area contributed by atoms with Gasteiger partial charge in [-0.25, -0.2) is 4.79 Å². The number of hydrogen-bond acceptors (Lipinski definition) is 11.